The van der Waals surface area contributed by atoms with Crippen molar-refractivity contribution in [2.24, 2.45) is 5.10 Å². The highest BCUT2D eigenvalue weighted by Crippen LogP contribution is 2.31. The fourth-order valence-electron chi connectivity index (χ4n) is 4.29. The van der Waals surface area contributed by atoms with E-state index in [9.17, 15) is 28.1 Å². The van der Waals surface area contributed by atoms with Gasteiger partial charge < -0.3 is 9.64 Å². The number of aromatic nitrogens is 1. The van der Waals surface area contributed by atoms with E-state index in [0.29, 0.717) is 10.4 Å². The van der Waals surface area contributed by atoms with Crippen LogP contribution in [0.2, 0.25) is 0 Å². The maximum atomic E-state index is 13.7. The summed E-state index contributed by atoms with van der Waals surface area (Å²) in [5.41, 5.74) is 1.86. The van der Waals surface area contributed by atoms with Gasteiger partial charge >= 0.3 is 11.1 Å². The van der Waals surface area contributed by atoms with Crippen molar-refractivity contribution in [3.63, 3.8) is 0 Å². The molecule has 0 saturated carbocycles. The minimum absolute atomic E-state index is 0.00467. The van der Waals surface area contributed by atoms with E-state index in [2.05, 4.69) is 10.1 Å². The summed E-state index contributed by atoms with van der Waals surface area (Å²) in [7, 11) is -3.87. The van der Waals surface area contributed by atoms with Gasteiger partial charge in [-0.3, -0.25) is 14.9 Å². The number of amides is 2. The van der Waals surface area contributed by atoms with Crippen LogP contribution in [0.5, 0.6) is 0 Å². The molecule has 16 heteroatoms. The van der Waals surface area contributed by atoms with E-state index in [1.54, 1.807) is 6.92 Å². The molecule has 0 unspecified atom stereocenters. The predicted octanol–water partition coefficient (Wildman–Crippen LogP) is 4.72. The number of sulfonamides is 1. The van der Waals surface area contributed by atoms with Gasteiger partial charge in [-0.25, -0.2) is 18.2 Å². The standard InChI is InChI=1S/C27H26N6O7S3/c1-3-40-27(35)30-12-14-31(15-13-30)43(38,39)21-8-5-19(6-9-21)25(34)32(28-17-20-7-11-24(41-20)33(36)37)26-29-22-10-4-18(2)16-23(22)42-26/h4-11,16-17H,3,12-15H2,1-2H3/b28-17+. The second-order valence-corrected chi connectivity index (χ2v) is 13.4. The van der Waals surface area contributed by atoms with Gasteiger partial charge in [-0.05, 0) is 61.9 Å². The first-order valence-corrected chi connectivity index (χ1v) is 16.2. The van der Waals surface area contributed by atoms with Gasteiger partial charge in [-0.15, -0.1) is 0 Å². The molecule has 1 aliphatic heterocycles. The van der Waals surface area contributed by atoms with Crippen molar-refractivity contribution >= 4 is 71.3 Å². The Hall–Kier alpha value is -4.25. The van der Waals surface area contributed by atoms with Crippen LogP contribution in [0, 0.1) is 17.0 Å². The van der Waals surface area contributed by atoms with Crippen LogP contribution in [0.1, 0.15) is 27.7 Å². The number of thiophene rings is 1. The third-order valence-electron chi connectivity index (χ3n) is 6.50. The van der Waals surface area contributed by atoms with Crippen LogP contribution < -0.4 is 5.01 Å². The minimum Gasteiger partial charge on any atom is -0.450 e. The molecule has 0 radical (unpaired) electrons. The number of fused-ring (bicyclic) bond motifs is 1. The van der Waals surface area contributed by atoms with Crippen molar-refractivity contribution in [2.45, 2.75) is 18.7 Å². The fourth-order valence-corrected chi connectivity index (χ4v) is 7.42. The third-order valence-corrected chi connectivity index (χ3v) is 10.4. The topological polar surface area (TPSA) is 156 Å². The Bertz CT molecular complexity index is 1810. The van der Waals surface area contributed by atoms with Crippen molar-refractivity contribution in [1.82, 2.24) is 14.2 Å². The van der Waals surface area contributed by atoms with Crippen molar-refractivity contribution in [1.29, 1.82) is 0 Å². The van der Waals surface area contributed by atoms with E-state index < -0.39 is 26.9 Å². The minimum atomic E-state index is -3.87. The molecule has 13 nitrogen and oxygen atoms in total. The average molecular weight is 643 g/mol. The first-order chi connectivity index (χ1) is 20.6. The average Bonchev–Trinajstić information content (AvgIpc) is 3.65. The molecular weight excluding hydrogens is 617 g/mol. The molecule has 224 valence electrons. The van der Waals surface area contributed by atoms with Gasteiger partial charge in [0, 0.05) is 37.8 Å². The molecule has 0 spiro atoms. The third kappa shape index (κ3) is 6.56. The Morgan fingerprint density at radius 1 is 1.09 bits per heavy atom. The zero-order valence-corrected chi connectivity index (χ0v) is 25.5. The molecule has 0 atom stereocenters. The van der Waals surface area contributed by atoms with Gasteiger partial charge in [-0.2, -0.15) is 14.4 Å². The second kappa shape index (κ2) is 12.5. The number of hydrogen-bond acceptors (Lipinski definition) is 11. The maximum Gasteiger partial charge on any atom is 0.409 e. The molecule has 2 amide bonds. The number of piperazine rings is 1. The summed E-state index contributed by atoms with van der Waals surface area (Å²) in [6.45, 7) is 4.52. The SMILES string of the molecule is CCOC(=O)N1CCN(S(=O)(=O)c2ccc(C(=O)N(/N=C/c3ccc([N+](=O)[O-])s3)c3nc4ccc(C)cc4s3)cc2)CC1. The van der Waals surface area contributed by atoms with E-state index in [4.69, 9.17) is 4.74 Å². The molecular formula is C27H26N6O7S3. The highest BCUT2D eigenvalue weighted by molar-refractivity contribution is 7.89. The van der Waals surface area contributed by atoms with Crippen molar-refractivity contribution in [3.8, 4) is 0 Å². The number of carbonyl (C=O) groups is 2. The number of anilines is 1. The van der Waals surface area contributed by atoms with Crippen LogP contribution in [-0.4, -0.2) is 78.5 Å². The number of thiazole rings is 1. The second-order valence-electron chi connectivity index (χ2n) is 9.38. The van der Waals surface area contributed by atoms with Crippen LogP contribution >= 0.6 is 22.7 Å². The van der Waals surface area contributed by atoms with Crippen LogP contribution in [0.25, 0.3) is 10.2 Å². The highest BCUT2D eigenvalue weighted by Gasteiger charge is 2.31. The Balaban J connectivity index is 1.39. The maximum absolute atomic E-state index is 13.7. The summed E-state index contributed by atoms with van der Waals surface area (Å²) < 4.78 is 33.7. The van der Waals surface area contributed by atoms with Gasteiger partial charge in [0.1, 0.15) is 0 Å². The lowest BCUT2D eigenvalue weighted by Crippen LogP contribution is -2.50. The summed E-state index contributed by atoms with van der Waals surface area (Å²) in [5, 5.41) is 16.7. The van der Waals surface area contributed by atoms with Crippen molar-refractivity contribution in [3.05, 3.63) is 80.7 Å². The van der Waals surface area contributed by atoms with Gasteiger partial charge in [0.25, 0.3) is 5.91 Å². The number of aryl methyl sites for hydroxylation is 1. The van der Waals surface area contributed by atoms with E-state index in [0.717, 1.165) is 26.6 Å². The lowest BCUT2D eigenvalue weighted by atomic mass is 10.2. The number of nitrogens with zero attached hydrogens (tertiary/aromatic N) is 6. The number of benzene rings is 2. The highest BCUT2D eigenvalue weighted by atomic mass is 32.2. The quantitative estimate of drug-likeness (QED) is 0.152. The summed E-state index contributed by atoms with van der Waals surface area (Å²) in [4.78, 5) is 42.7. The first kappa shape index (κ1) is 30.2. The Morgan fingerprint density at radius 3 is 2.47 bits per heavy atom. The van der Waals surface area contributed by atoms with E-state index in [1.807, 2.05) is 25.1 Å². The molecule has 2 aromatic heterocycles. The van der Waals surface area contributed by atoms with E-state index in [-0.39, 0.29) is 53.4 Å². The molecule has 1 saturated heterocycles. The number of hydrogen-bond donors (Lipinski definition) is 0. The van der Waals surface area contributed by atoms with Crippen LogP contribution in [0.4, 0.5) is 14.9 Å². The smallest absolute Gasteiger partial charge is 0.409 e. The lowest BCUT2D eigenvalue weighted by molar-refractivity contribution is -0.380. The van der Waals surface area contributed by atoms with Crippen LogP contribution in [0.3, 0.4) is 0 Å². The van der Waals surface area contributed by atoms with Gasteiger partial charge in [0.15, 0.2) is 0 Å². The molecule has 2 aromatic carbocycles. The molecule has 0 N–H and O–H groups in total. The number of ether oxygens (including phenoxy) is 1. The van der Waals surface area contributed by atoms with Gasteiger partial charge in [-0.1, -0.05) is 28.7 Å². The zero-order chi connectivity index (χ0) is 30.7. The molecule has 0 bridgehead atoms. The zero-order valence-electron chi connectivity index (χ0n) is 23.1. The molecule has 1 fully saturated rings. The fraction of sp³-hybridized carbons (Fsp3) is 0.259. The molecule has 4 aromatic rings. The normalized spacial score (nSPS) is 14.3. The Labute approximate surface area is 254 Å². The monoisotopic (exact) mass is 642 g/mol. The van der Waals surface area contributed by atoms with E-state index >= 15 is 0 Å². The van der Waals surface area contributed by atoms with Crippen LogP contribution in [0.15, 0.2) is 64.6 Å². The largest absolute Gasteiger partial charge is 0.450 e. The lowest BCUT2D eigenvalue weighted by Gasteiger charge is -2.33. The van der Waals surface area contributed by atoms with Crippen molar-refractivity contribution in [2.75, 3.05) is 37.8 Å². The van der Waals surface area contributed by atoms with Crippen LogP contribution in [-0.2, 0) is 14.8 Å². The predicted molar refractivity (Wildman–Crippen MR) is 164 cm³/mol. The Morgan fingerprint density at radius 2 is 1.81 bits per heavy atom. The summed E-state index contributed by atoms with van der Waals surface area (Å²) in [5.74, 6) is -0.565. The van der Waals surface area contributed by atoms with Gasteiger partial charge in [0.2, 0.25) is 15.2 Å². The van der Waals surface area contributed by atoms with Crippen molar-refractivity contribution < 1.29 is 27.7 Å². The summed E-state index contributed by atoms with van der Waals surface area (Å²) in [6, 6.07) is 14.1. The summed E-state index contributed by atoms with van der Waals surface area (Å²) >= 11 is 2.17. The van der Waals surface area contributed by atoms with Gasteiger partial charge in [0.05, 0.1) is 37.7 Å². The van der Waals surface area contributed by atoms with E-state index in [1.165, 1.54) is 63.2 Å². The molecule has 1 aliphatic rings. The molecule has 3 heterocycles. The number of carbonyl (C=O) groups excluding carboxylic acids is 2. The molecule has 0 aliphatic carbocycles. The molecule has 43 heavy (non-hydrogen) atoms. The number of rotatable bonds is 8. The first-order valence-electron chi connectivity index (χ1n) is 13.1. The number of nitro groups is 1. The summed E-state index contributed by atoms with van der Waals surface area (Å²) in [6.07, 6.45) is 0.872. The Kier molecular flexibility index (Phi) is 8.82. The molecule has 5 rings (SSSR count). The number of hydrazone groups is 1.